The summed E-state index contributed by atoms with van der Waals surface area (Å²) in [6.07, 6.45) is 5.79. The minimum atomic E-state index is 0.848. The summed E-state index contributed by atoms with van der Waals surface area (Å²) in [5.74, 6) is 1.12. The predicted octanol–water partition coefficient (Wildman–Crippen LogP) is 1.77. The van der Waals surface area contributed by atoms with Crippen LogP contribution in [0.4, 0.5) is 0 Å². The van der Waals surface area contributed by atoms with Crippen LogP contribution < -0.4 is 5.32 Å². The van der Waals surface area contributed by atoms with E-state index in [2.05, 4.69) is 32.2 Å². The maximum atomic E-state index is 4.52. The molecule has 92 valence electrons. The van der Waals surface area contributed by atoms with Crippen molar-refractivity contribution in [3.63, 3.8) is 0 Å². The molecule has 0 saturated heterocycles. The Hall–Kier alpha value is -1.20. The molecule has 0 atom stereocenters. The third-order valence-electron chi connectivity index (χ3n) is 2.65. The smallest absolute Gasteiger partial charge is 0.109 e. The molecule has 0 spiro atoms. The molecule has 0 aromatic carbocycles. The van der Waals surface area contributed by atoms with Gasteiger partial charge in [-0.25, -0.2) is 9.97 Å². The molecule has 0 fully saturated rings. The van der Waals surface area contributed by atoms with Crippen LogP contribution >= 0.6 is 11.3 Å². The van der Waals surface area contributed by atoms with E-state index in [1.807, 2.05) is 19.4 Å². The molecular formula is C12H18N4S. The molecule has 2 rings (SSSR count). The number of hydrogen-bond acceptors (Lipinski definition) is 4. The van der Waals surface area contributed by atoms with Crippen LogP contribution in [-0.2, 0) is 26.4 Å². The second-order valence-corrected chi connectivity index (χ2v) is 4.91. The highest BCUT2D eigenvalue weighted by molar-refractivity contribution is 7.09. The summed E-state index contributed by atoms with van der Waals surface area (Å²) in [6, 6.07) is 0. The molecule has 2 aromatic heterocycles. The molecule has 0 aliphatic heterocycles. The lowest BCUT2D eigenvalue weighted by atomic mass is 10.4. The van der Waals surface area contributed by atoms with Crippen LogP contribution in [0.2, 0.25) is 0 Å². The largest absolute Gasteiger partial charge is 0.338 e. The van der Waals surface area contributed by atoms with Gasteiger partial charge < -0.3 is 9.88 Å². The highest BCUT2D eigenvalue weighted by Gasteiger charge is 2.01. The Bertz CT molecular complexity index is 461. The lowest BCUT2D eigenvalue weighted by Gasteiger charge is -2.03. The van der Waals surface area contributed by atoms with E-state index < -0.39 is 0 Å². The summed E-state index contributed by atoms with van der Waals surface area (Å²) < 4.78 is 2.06. The number of rotatable bonds is 6. The zero-order valence-corrected chi connectivity index (χ0v) is 11.1. The molecule has 0 aliphatic rings. The first kappa shape index (κ1) is 12.3. The number of nitrogens with one attached hydrogen (secondary N) is 1. The van der Waals surface area contributed by atoms with E-state index in [1.54, 1.807) is 11.3 Å². The molecular weight excluding hydrogens is 232 g/mol. The van der Waals surface area contributed by atoms with Crippen molar-refractivity contribution < 1.29 is 0 Å². The molecule has 2 heterocycles. The van der Waals surface area contributed by atoms with E-state index in [4.69, 9.17) is 0 Å². The molecule has 0 saturated carbocycles. The summed E-state index contributed by atoms with van der Waals surface area (Å²) >= 11 is 1.74. The third kappa shape index (κ3) is 3.38. The second-order valence-electron chi connectivity index (χ2n) is 3.97. The number of nitrogens with zero attached hydrogens (tertiary/aromatic N) is 3. The van der Waals surface area contributed by atoms with E-state index in [9.17, 15) is 0 Å². The van der Waals surface area contributed by atoms with Gasteiger partial charge in [-0.2, -0.15) is 0 Å². The van der Waals surface area contributed by atoms with E-state index in [-0.39, 0.29) is 0 Å². The quantitative estimate of drug-likeness (QED) is 0.795. The first-order valence-electron chi connectivity index (χ1n) is 5.89. The van der Waals surface area contributed by atoms with Crippen LogP contribution in [-0.4, -0.2) is 21.1 Å². The number of imidazole rings is 1. The van der Waals surface area contributed by atoms with E-state index >= 15 is 0 Å². The lowest BCUT2D eigenvalue weighted by Crippen LogP contribution is -2.18. The second kappa shape index (κ2) is 5.93. The van der Waals surface area contributed by atoms with Crippen molar-refractivity contribution in [3.8, 4) is 0 Å². The first-order valence-corrected chi connectivity index (χ1v) is 6.77. The van der Waals surface area contributed by atoms with E-state index in [0.717, 1.165) is 37.4 Å². The van der Waals surface area contributed by atoms with Gasteiger partial charge in [0.1, 0.15) is 5.82 Å². The van der Waals surface area contributed by atoms with Gasteiger partial charge >= 0.3 is 0 Å². The summed E-state index contributed by atoms with van der Waals surface area (Å²) in [6.45, 7) is 3.92. The van der Waals surface area contributed by atoms with Crippen LogP contribution in [0.25, 0.3) is 0 Å². The fourth-order valence-electron chi connectivity index (χ4n) is 1.65. The number of thiazole rings is 1. The minimum Gasteiger partial charge on any atom is -0.338 e. The third-order valence-corrected chi connectivity index (χ3v) is 3.70. The molecule has 4 nitrogen and oxygen atoms in total. The Labute approximate surface area is 106 Å². The normalized spacial score (nSPS) is 10.9. The van der Waals surface area contributed by atoms with Crippen molar-refractivity contribution in [2.45, 2.75) is 26.3 Å². The fraction of sp³-hybridized carbons (Fsp3) is 0.500. The van der Waals surface area contributed by atoms with Crippen molar-refractivity contribution >= 4 is 11.3 Å². The van der Waals surface area contributed by atoms with Crippen molar-refractivity contribution in [3.05, 3.63) is 34.3 Å². The van der Waals surface area contributed by atoms with Crippen molar-refractivity contribution in [1.29, 1.82) is 0 Å². The Balaban J connectivity index is 1.71. The molecule has 0 bridgehead atoms. The molecule has 0 radical (unpaired) electrons. The van der Waals surface area contributed by atoms with E-state index in [1.165, 1.54) is 5.01 Å². The molecule has 0 aliphatic carbocycles. The van der Waals surface area contributed by atoms with Gasteiger partial charge in [0.2, 0.25) is 0 Å². The maximum Gasteiger partial charge on any atom is 0.109 e. The molecule has 0 amide bonds. The molecule has 17 heavy (non-hydrogen) atoms. The number of aryl methyl sites for hydroxylation is 2. The summed E-state index contributed by atoms with van der Waals surface area (Å²) in [5.41, 5.74) is 1.15. The van der Waals surface area contributed by atoms with Gasteiger partial charge in [0, 0.05) is 44.3 Å². The fourth-order valence-corrected chi connectivity index (χ4v) is 2.39. The van der Waals surface area contributed by atoms with Gasteiger partial charge in [0.25, 0.3) is 0 Å². The average Bonchev–Trinajstić information content (AvgIpc) is 2.94. The molecule has 2 aromatic rings. The number of hydrogen-bond donors (Lipinski definition) is 1. The van der Waals surface area contributed by atoms with Gasteiger partial charge in [0.15, 0.2) is 0 Å². The Morgan fingerprint density at radius 3 is 3.00 bits per heavy atom. The standard InChI is InChI=1S/C12H18N4S/c1-3-12-15-10(9-17-12)8-13-5-4-11-14-6-7-16(11)2/h6-7,9,13H,3-5,8H2,1-2H3. The van der Waals surface area contributed by atoms with Crippen molar-refractivity contribution in [1.82, 2.24) is 19.9 Å². The zero-order chi connectivity index (χ0) is 12.1. The maximum absolute atomic E-state index is 4.52. The zero-order valence-electron chi connectivity index (χ0n) is 10.3. The van der Waals surface area contributed by atoms with Crippen molar-refractivity contribution in [2.24, 2.45) is 7.05 Å². The minimum absolute atomic E-state index is 0.848. The highest BCUT2D eigenvalue weighted by atomic mass is 32.1. The predicted molar refractivity (Wildman–Crippen MR) is 70.1 cm³/mol. The summed E-state index contributed by atoms with van der Waals surface area (Å²) in [4.78, 5) is 8.80. The molecule has 1 N–H and O–H groups in total. The Morgan fingerprint density at radius 2 is 2.35 bits per heavy atom. The Kier molecular flexibility index (Phi) is 4.28. The first-order chi connectivity index (χ1) is 8.29. The van der Waals surface area contributed by atoms with Crippen LogP contribution in [0.3, 0.4) is 0 Å². The highest BCUT2D eigenvalue weighted by Crippen LogP contribution is 2.09. The monoisotopic (exact) mass is 250 g/mol. The van der Waals surface area contributed by atoms with Gasteiger partial charge in [-0.1, -0.05) is 6.92 Å². The van der Waals surface area contributed by atoms with Crippen LogP contribution in [0.15, 0.2) is 17.8 Å². The SMILES string of the molecule is CCc1nc(CNCCc2nccn2C)cs1. The van der Waals surface area contributed by atoms with Crippen LogP contribution in [0, 0.1) is 0 Å². The van der Waals surface area contributed by atoms with Crippen LogP contribution in [0.1, 0.15) is 23.4 Å². The average molecular weight is 250 g/mol. The van der Waals surface area contributed by atoms with Gasteiger partial charge in [0.05, 0.1) is 10.7 Å². The summed E-state index contributed by atoms with van der Waals surface area (Å²) in [5, 5.41) is 6.74. The topological polar surface area (TPSA) is 42.7 Å². The lowest BCUT2D eigenvalue weighted by molar-refractivity contribution is 0.647. The van der Waals surface area contributed by atoms with Gasteiger partial charge in [-0.15, -0.1) is 11.3 Å². The summed E-state index contributed by atoms with van der Waals surface area (Å²) in [7, 11) is 2.02. The molecule has 0 unspecified atom stereocenters. The van der Waals surface area contributed by atoms with E-state index in [0.29, 0.717) is 0 Å². The van der Waals surface area contributed by atoms with Gasteiger partial charge in [-0.05, 0) is 6.42 Å². The van der Waals surface area contributed by atoms with Gasteiger partial charge in [-0.3, -0.25) is 0 Å². The molecule has 5 heteroatoms. The van der Waals surface area contributed by atoms with Crippen molar-refractivity contribution in [2.75, 3.05) is 6.54 Å². The number of aromatic nitrogens is 3. The van der Waals surface area contributed by atoms with Crippen LogP contribution in [0.5, 0.6) is 0 Å². The Morgan fingerprint density at radius 1 is 1.47 bits per heavy atom.